The predicted molar refractivity (Wildman–Crippen MR) is 237 cm³/mol. The minimum Gasteiger partial charge on any atom is -0.455 e. The molecule has 0 bridgehead atoms. The Hall–Kier alpha value is -7.42. The summed E-state index contributed by atoms with van der Waals surface area (Å²) in [4.78, 5) is 1.39. The number of fused-ring (bicyclic) bond motifs is 8. The van der Waals surface area contributed by atoms with Gasteiger partial charge in [-0.15, -0.1) is 0 Å². The van der Waals surface area contributed by atoms with Gasteiger partial charge in [-0.2, -0.15) is 0 Å². The minimum absolute atomic E-state index is 0.104. The number of benzene rings is 10. The summed E-state index contributed by atoms with van der Waals surface area (Å²) in [5.74, 6) is 0. The van der Waals surface area contributed by atoms with Gasteiger partial charge in [-0.25, -0.2) is 0 Å². The summed E-state index contributed by atoms with van der Waals surface area (Å²) >= 11 is 0. The zero-order valence-corrected chi connectivity index (χ0v) is 29.9. The van der Waals surface area contributed by atoms with Gasteiger partial charge in [0, 0.05) is 33.1 Å². The molecule has 2 nitrogen and oxygen atoms in total. The van der Waals surface area contributed by atoms with Crippen LogP contribution in [0.25, 0.3) is 87.6 Å². The molecule has 262 valence electrons. The predicted octanol–water partition coefficient (Wildman–Crippen LogP) is 15.5. The van der Waals surface area contributed by atoms with Gasteiger partial charge in [0.1, 0.15) is 11.2 Å². The van der Waals surface area contributed by atoms with E-state index in [2.05, 4.69) is 0 Å². The second-order valence-electron chi connectivity index (χ2n) is 13.8. The summed E-state index contributed by atoms with van der Waals surface area (Å²) in [7, 11) is 0. The van der Waals surface area contributed by atoms with Crippen LogP contribution in [0.15, 0.2) is 217 Å². The lowest BCUT2D eigenvalue weighted by molar-refractivity contribution is 0.673. The Morgan fingerprint density at radius 1 is 0.375 bits per heavy atom. The van der Waals surface area contributed by atoms with Gasteiger partial charge in [0.05, 0.1) is 16.7 Å². The minimum atomic E-state index is -0.412. The lowest BCUT2D eigenvalue weighted by Crippen LogP contribution is -2.11. The van der Waals surface area contributed by atoms with Crippen molar-refractivity contribution in [2.24, 2.45) is 0 Å². The molecule has 0 amide bonds. The van der Waals surface area contributed by atoms with E-state index in [1.807, 2.05) is 127 Å². The second-order valence-corrected chi connectivity index (χ2v) is 13.8. The molecule has 1 aromatic heterocycles. The van der Waals surface area contributed by atoms with Gasteiger partial charge in [0.25, 0.3) is 0 Å². The molecule has 2 heteroatoms. The van der Waals surface area contributed by atoms with Crippen molar-refractivity contribution in [1.29, 1.82) is 0 Å². The Morgan fingerprint density at radius 3 is 1.77 bits per heavy atom. The number of nitrogens with zero attached hydrogens (tertiary/aromatic N) is 1. The highest BCUT2D eigenvalue weighted by Crippen LogP contribution is 2.46. The molecule has 1 heterocycles. The first kappa shape index (κ1) is 24.8. The molecule has 11 rings (SSSR count). The highest BCUT2D eigenvalue weighted by atomic mass is 16.3. The zero-order valence-electron chi connectivity index (χ0n) is 37.9. The van der Waals surface area contributed by atoms with E-state index in [1.54, 1.807) is 36.4 Å². The quantitative estimate of drug-likeness (QED) is 0.159. The van der Waals surface area contributed by atoms with E-state index < -0.39 is 24.2 Å². The largest absolute Gasteiger partial charge is 0.455 e. The number of anilines is 3. The third kappa shape index (κ3) is 5.26. The van der Waals surface area contributed by atoms with Crippen molar-refractivity contribution in [2.75, 3.05) is 4.90 Å². The number of para-hydroxylation sites is 1. The van der Waals surface area contributed by atoms with E-state index in [-0.39, 0.29) is 46.7 Å². The highest BCUT2D eigenvalue weighted by molar-refractivity contribution is 6.20. The van der Waals surface area contributed by atoms with Crippen LogP contribution >= 0.6 is 0 Å². The van der Waals surface area contributed by atoms with Crippen molar-refractivity contribution >= 4 is 71.3 Å². The van der Waals surface area contributed by atoms with E-state index in [4.69, 9.17) is 4.42 Å². The van der Waals surface area contributed by atoms with Crippen molar-refractivity contribution in [3.05, 3.63) is 212 Å². The van der Waals surface area contributed by atoms with Gasteiger partial charge in [-0.3, -0.25) is 0 Å². The maximum absolute atomic E-state index is 9.85. The third-order valence-electron chi connectivity index (χ3n) is 10.6. The van der Waals surface area contributed by atoms with Crippen LogP contribution in [-0.2, 0) is 0 Å². The standard InChI is InChI=1S/C54H35NO/c1-2-13-36(14-3-1)37-25-30-41(31-26-37)55(42-32-27-39(28-33-42)50-35-40-16-5-6-17-43(40)45-19-8-9-20-46(45)50)51-23-11-10-21-47(51)48-22-12-24-52-53(48)49-34-29-38-15-4-7-18-44(38)54(49)56-52/h1-35H/i25D,26D,27D,28D,30D,31D,32D,33D. The van der Waals surface area contributed by atoms with E-state index in [0.717, 1.165) is 48.7 Å². The van der Waals surface area contributed by atoms with Crippen molar-refractivity contribution < 1.29 is 15.4 Å². The maximum atomic E-state index is 9.85. The van der Waals surface area contributed by atoms with Crippen LogP contribution in [0, 0.1) is 0 Å². The van der Waals surface area contributed by atoms with Crippen LogP contribution in [0.4, 0.5) is 17.1 Å². The average molecular weight is 722 g/mol. The fourth-order valence-corrected chi connectivity index (χ4v) is 8.01. The van der Waals surface area contributed by atoms with Crippen LogP contribution in [0.2, 0.25) is 0 Å². The van der Waals surface area contributed by atoms with Crippen molar-refractivity contribution in [1.82, 2.24) is 0 Å². The average Bonchev–Trinajstić information content (AvgIpc) is 3.73. The number of hydrogen-bond acceptors (Lipinski definition) is 2. The van der Waals surface area contributed by atoms with Gasteiger partial charge in [0.15, 0.2) is 0 Å². The van der Waals surface area contributed by atoms with Gasteiger partial charge in [-0.05, 0) is 103 Å². The fraction of sp³-hybridized carbons (Fsp3) is 0. The van der Waals surface area contributed by atoms with Crippen LogP contribution in [0.3, 0.4) is 0 Å². The van der Waals surface area contributed by atoms with Crippen LogP contribution in [0.5, 0.6) is 0 Å². The highest BCUT2D eigenvalue weighted by Gasteiger charge is 2.21. The Bertz CT molecular complexity index is 3670. The molecule has 11 aromatic rings. The first-order valence-corrected chi connectivity index (χ1v) is 18.5. The summed E-state index contributed by atoms with van der Waals surface area (Å²) in [6, 6.07) is 48.4. The number of rotatable bonds is 6. The van der Waals surface area contributed by atoms with Gasteiger partial charge < -0.3 is 9.32 Å². The van der Waals surface area contributed by atoms with Crippen LogP contribution in [-0.4, -0.2) is 0 Å². The molecule has 0 atom stereocenters. The SMILES string of the molecule is [2H]c1c([2H])c(N(c2ccccc2-c2cccc3oc4c5ccccc5ccc4c23)c2c([2H])c([2H])c(-c3cc4ccccc4c4ccccc34)c([2H])c2[2H])c([2H])c([2H])c1-c1ccccc1. The zero-order chi connectivity index (χ0) is 44.0. The summed E-state index contributed by atoms with van der Waals surface area (Å²) < 4.78 is 83.7. The van der Waals surface area contributed by atoms with E-state index in [9.17, 15) is 11.0 Å². The van der Waals surface area contributed by atoms with Crippen LogP contribution in [0.1, 0.15) is 11.0 Å². The van der Waals surface area contributed by atoms with E-state index >= 15 is 0 Å². The molecule has 0 radical (unpaired) electrons. The fourth-order valence-electron chi connectivity index (χ4n) is 8.01. The maximum Gasteiger partial charge on any atom is 0.143 e. The summed E-state index contributed by atoms with van der Waals surface area (Å²) in [5.41, 5.74) is 3.76. The molecule has 0 saturated heterocycles. The van der Waals surface area contributed by atoms with Gasteiger partial charge in [0.2, 0.25) is 0 Å². The topological polar surface area (TPSA) is 16.4 Å². The molecule has 56 heavy (non-hydrogen) atoms. The third-order valence-corrected chi connectivity index (χ3v) is 10.6. The normalized spacial score (nSPS) is 13.6. The van der Waals surface area contributed by atoms with Crippen LogP contribution < -0.4 is 4.90 Å². The molecule has 0 aliphatic carbocycles. The molecule has 0 aliphatic rings. The van der Waals surface area contributed by atoms with Crippen molar-refractivity contribution in [3.8, 4) is 33.4 Å². The molecule has 0 aliphatic heterocycles. The Morgan fingerprint density at radius 2 is 0.982 bits per heavy atom. The first-order valence-electron chi connectivity index (χ1n) is 22.5. The molecule has 0 N–H and O–H groups in total. The van der Waals surface area contributed by atoms with Crippen molar-refractivity contribution in [2.45, 2.75) is 0 Å². The van der Waals surface area contributed by atoms with E-state index in [1.165, 1.54) is 4.90 Å². The molecule has 0 saturated carbocycles. The molecule has 10 aromatic carbocycles. The molecular formula is C54H35NO. The Kier molecular flexibility index (Phi) is 5.83. The Labute approximate surface area is 336 Å². The molecule has 0 unspecified atom stereocenters. The van der Waals surface area contributed by atoms with Crippen molar-refractivity contribution in [3.63, 3.8) is 0 Å². The Balaban J connectivity index is 1.23. The number of furan rings is 1. The second kappa shape index (κ2) is 13.2. The van der Waals surface area contributed by atoms with Gasteiger partial charge >= 0.3 is 0 Å². The smallest absolute Gasteiger partial charge is 0.143 e. The first-order chi connectivity index (χ1) is 31.1. The summed E-state index contributed by atoms with van der Waals surface area (Å²) in [6.07, 6.45) is 0. The molecule has 0 fully saturated rings. The van der Waals surface area contributed by atoms with E-state index in [0.29, 0.717) is 33.5 Å². The summed E-state index contributed by atoms with van der Waals surface area (Å²) in [5, 5.41) is 7.17. The number of hydrogen-bond donors (Lipinski definition) is 0. The lowest BCUT2D eigenvalue weighted by atomic mass is 9.93. The molecule has 0 spiro atoms. The molecular weight excluding hydrogens is 679 g/mol. The monoisotopic (exact) mass is 721 g/mol. The lowest BCUT2D eigenvalue weighted by Gasteiger charge is -2.28. The summed E-state index contributed by atoms with van der Waals surface area (Å²) in [6.45, 7) is 0. The van der Waals surface area contributed by atoms with Gasteiger partial charge in [-0.1, -0.05) is 164 Å².